The number of nitrogens with one attached hydrogen (secondary N) is 1. The molecule has 1 fully saturated rings. The third-order valence-corrected chi connectivity index (χ3v) is 7.30. The Balaban J connectivity index is 2.12. The van der Waals surface area contributed by atoms with E-state index in [1.165, 1.54) is 11.3 Å². The molecule has 0 bridgehead atoms. The van der Waals surface area contributed by atoms with E-state index in [0.717, 1.165) is 21.1 Å². The Morgan fingerprint density at radius 1 is 1.47 bits per heavy atom. The molecule has 0 spiro atoms. The molecule has 2 rings (SSSR count). The van der Waals surface area contributed by atoms with E-state index >= 15 is 0 Å². The zero-order valence-electron chi connectivity index (χ0n) is 7.66. The summed E-state index contributed by atoms with van der Waals surface area (Å²) in [5.41, 5.74) is 0. The molecule has 7 heteroatoms. The molecular formula is C8H9Br2NO2S2. The molecule has 1 aromatic rings. The molecule has 1 saturated carbocycles. The number of hydrogen-bond donors (Lipinski definition) is 1. The first-order valence-corrected chi connectivity index (χ1v) is 8.32. The van der Waals surface area contributed by atoms with Crippen LogP contribution in [0.5, 0.6) is 0 Å². The molecule has 0 unspecified atom stereocenters. The summed E-state index contributed by atoms with van der Waals surface area (Å²) < 4.78 is 28.1. The second kappa shape index (κ2) is 4.44. The zero-order valence-corrected chi connectivity index (χ0v) is 12.5. The van der Waals surface area contributed by atoms with Gasteiger partial charge in [-0.05, 0) is 56.7 Å². The predicted octanol–water partition coefficient (Wildman–Crippen LogP) is 2.96. The van der Waals surface area contributed by atoms with Gasteiger partial charge in [0.25, 0.3) is 0 Å². The second-order valence-electron chi connectivity index (χ2n) is 3.48. The molecule has 0 saturated heterocycles. The van der Waals surface area contributed by atoms with Gasteiger partial charge >= 0.3 is 0 Å². The maximum atomic E-state index is 11.8. The Labute approximate surface area is 110 Å². The van der Waals surface area contributed by atoms with Crippen LogP contribution in [0.4, 0.5) is 0 Å². The summed E-state index contributed by atoms with van der Waals surface area (Å²) in [7, 11) is -3.31. The van der Waals surface area contributed by atoms with Gasteiger partial charge in [-0.25, -0.2) is 13.1 Å². The fourth-order valence-corrected chi connectivity index (χ4v) is 5.06. The van der Waals surface area contributed by atoms with Gasteiger partial charge in [-0.1, -0.05) is 0 Å². The van der Waals surface area contributed by atoms with Crippen LogP contribution in [-0.2, 0) is 10.0 Å². The zero-order chi connectivity index (χ0) is 11.1. The summed E-state index contributed by atoms with van der Waals surface area (Å²) in [6.45, 7) is 0.565. The average Bonchev–Trinajstić information content (AvgIpc) is 2.92. The van der Waals surface area contributed by atoms with Crippen LogP contribution in [-0.4, -0.2) is 15.0 Å². The van der Waals surface area contributed by atoms with Crippen LogP contribution in [0.15, 0.2) is 18.5 Å². The van der Waals surface area contributed by atoms with Crippen molar-refractivity contribution in [2.24, 2.45) is 5.92 Å². The van der Waals surface area contributed by atoms with E-state index in [2.05, 4.69) is 36.6 Å². The minimum absolute atomic E-state index is 0.349. The minimum Gasteiger partial charge on any atom is -0.210 e. The molecule has 0 amide bonds. The maximum absolute atomic E-state index is 11.8. The van der Waals surface area contributed by atoms with Gasteiger partial charge in [0.2, 0.25) is 10.0 Å². The summed E-state index contributed by atoms with van der Waals surface area (Å²) in [6, 6.07) is 1.62. The molecule has 0 atom stereocenters. The quantitative estimate of drug-likeness (QED) is 0.880. The van der Waals surface area contributed by atoms with Crippen molar-refractivity contribution in [1.29, 1.82) is 0 Å². The van der Waals surface area contributed by atoms with Crippen LogP contribution < -0.4 is 4.72 Å². The van der Waals surface area contributed by atoms with Gasteiger partial charge < -0.3 is 0 Å². The first-order chi connectivity index (χ1) is 6.99. The van der Waals surface area contributed by atoms with Crippen molar-refractivity contribution in [2.45, 2.75) is 17.1 Å². The normalized spacial score (nSPS) is 16.9. The Kier molecular flexibility index (Phi) is 3.57. The lowest BCUT2D eigenvalue weighted by atomic mass is 10.4. The van der Waals surface area contributed by atoms with E-state index in [-0.39, 0.29) is 0 Å². The molecule has 0 aromatic carbocycles. The van der Waals surface area contributed by atoms with Crippen LogP contribution in [0.2, 0.25) is 0 Å². The van der Waals surface area contributed by atoms with Crippen LogP contribution >= 0.6 is 43.2 Å². The van der Waals surface area contributed by atoms with E-state index in [9.17, 15) is 8.42 Å². The number of sulfonamides is 1. The molecule has 1 aliphatic rings. The number of thiophene rings is 1. The van der Waals surface area contributed by atoms with Gasteiger partial charge in [-0.3, -0.25) is 0 Å². The highest BCUT2D eigenvalue weighted by molar-refractivity contribution is 9.13. The van der Waals surface area contributed by atoms with E-state index in [1.807, 2.05) is 0 Å². The van der Waals surface area contributed by atoms with Crippen LogP contribution in [0, 0.1) is 5.92 Å². The van der Waals surface area contributed by atoms with Gasteiger partial charge in [-0.15, -0.1) is 11.3 Å². The Bertz CT molecular complexity index is 445. The number of hydrogen-bond acceptors (Lipinski definition) is 3. The third-order valence-electron chi connectivity index (χ3n) is 2.15. The monoisotopic (exact) mass is 373 g/mol. The Hall–Kier alpha value is 0.570. The van der Waals surface area contributed by atoms with Crippen molar-refractivity contribution in [1.82, 2.24) is 4.72 Å². The summed E-state index contributed by atoms with van der Waals surface area (Å²) >= 11 is 7.77. The SMILES string of the molecule is O=S(=O)(NCC1CC1)c1cc(Br)c(Br)s1. The van der Waals surface area contributed by atoms with Crippen LogP contribution in [0.25, 0.3) is 0 Å². The van der Waals surface area contributed by atoms with Gasteiger partial charge in [0, 0.05) is 11.0 Å². The standard InChI is InChI=1S/C8H9Br2NO2S2/c9-6-3-7(14-8(6)10)15(12,13)11-4-5-1-2-5/h3,5,11H,1-2,4H2. The Morgan fingerprint density at radius 3 is 2.60 bits per heavy atom. The van der Waals surface area contributed by atoms with Gasteiger partial charge in [0.1, 0.15) is 4.21 Å². The summed E-state index contributed by atoms with van der Waals surface area (Å²) in [6.07, 6.45) is 2.28. The molecule has 0 radical (unpaired) electrons. The molecule has 1 N–H and O–H groups in total. The predicted molar refractivity (Wildman–Crippen MR) is 67.6 cm³/mol. The van der Waals surface area contributed by atoms with Gasteiger partial charge in [-0.2, -0.15) is 0 Å². The highest BCUT2D eigenvalue weighted by atomic mass is 79.9. The van der Waals surface area contributed by atoms with Crippen molar-refractivity contribution >= 4 is 53.2 Å². The summed E-state index contributed by atoms with van der Waals surface area (Å²) in [4.78, 5) is 0. The lowest BCUT2D eigenvalue weighted by molar-refractivity contribution is 0.579. The molecule has 0 aliphatic heterocycles. The lowest BCUT2D eigenvalue weighted by Crippen LogP contribution is -2.25. The molecule has 1 aromatic heterocycles. The minimum atomic E-state index is -3.31. The summed E-state index contributed by atoms with van der Waals surface area (Å²) in [5, 5.41) is 0. The molecule has 1 heterocycles. The van der Waals surface area contributed by atoms with E-state index in [0.29, 0.717) is 16.7 Å². The van der Waals surface area contributed by atoms with Gasteiger partial charge in [0.15, 0.2) is 0 Å². The van der Waals surface area contributed by atoms with Crippen molar-refractivity contribution in [3.8, 4) is 0 Å². The van der Waals surface area contributed by atoms with Crippen LogP contribution in [0.3, 0.4) is 0 Å². The first kappa shape index (κ1) is 12.0. The second-order valence-corrected chi connectivity index (χ2v) is 8.70. The van der Waals surface area contributed by atoms with Crippen molar-refractivity contribution in [2.75, 3.05) is 6.54 Å². The number of halogens is 2. The van der Waals surface area contributed by atoms with Crippen molar-refractivity contribution in [3.63, 3.8) is 0 Å². The lowest BCUT2D eigenvalue weighted by Gasteiger charge is -2.02. The number of rotatable bonds is 4. The van der Waals surface area contributed by atoms with Gasteiger partial charge in [0.05, 0.1) is 3.79 Å². The summed E-state index contributed by atoms with van der Waals surface area (Å²) in [5.74, 6) is 0.548. The third kappa shape index (κ3) is 3.03. The largest absolute Gasteiger partial charge is 0.250 e. The van der Waals surface area contributed by atoms with E-state index < -0.39 is 10.0 Å². The smallest absolute Gasteiger partial charge is 0.210 e. The van der Waals surface area contributed by atoms with Crippen LogP contribution in [0.1, 0.15) is 12.8 Å². The molecule has 15 heavy (non-hydrogen) atoms. The molecule has 84 valence electrons. The van der Waals surface area contributed by atoms with Crippen molar-refractivity contribution < 1.29 is 8.42 Å². The topological polar surface area (TPSA) is 46.2 Å². The molecular weight excluding hydrogens is 366 g/mol. The highest BCUT2D eigenvalue weighted by Crippen LogP contribution is 2.35. The van der Waals surface area contributed by atoms with E-state index in [4.69, 9.17) is 0 Å². The molecule has 1 aliphatic carbocycles. The fraction of sp³-hybridized carbons (Fsp3) is 0.500. The first-order valence-electron chi connectivity index (χ1n) is 4.43. The van der Waals surface area contributed by atoms with Crippen molar-refractivity contribution in [3.05, 3.63) is 14.3 Å². The average molecular weight is 375 g/mol. The molecule has 3 nitrogen and oxygen atoms in total. The fourth-order valence-electron chi connectivity index (χ4n) is 1.08. The van der Waals surface area contributed by atoms with E-state index in [1.54, 1.807) is 6.07 Å². The maximum Gasteiger partial charge on any atom is 0.250 e. The highest BCUT2D eigenvalue weighted by Gasteiger charge is 2.25. The Morgan fingerprint density at radius 2 is 2.13 bits per heavy atom.